The van der Waals surface area contributed by atoms with E-state index in [2.05, 4.69) is 15.9 Å². The number of rotatable bonds is 3. The first-order valence-corrected chi connectivity index (χ1v) is 6.16. The van der Waals surface area contributed by atoms with Gasteiger partial charge in [0.25, 0.3) is 0 Å². The molecule has 0 saturated heterocycles. The highest BCUT2D eigenvalue weighted by molar-refractivity contribution is 9.10. The average molecular weight is 306 g/mol. The quantitative estimate of drug-likeness (QED) is 0.796. The summed E-state index contributed by atoms with van der Waals surface area (Å²) in [6.45, 7) is 0. The van der Waals surface area contributed by atoms with E-state index < -0.39 is 0 Å². The maximum absolute atomic E-state index is 11.7. The van der Waals surface area contributed by atoms with E-state index in [1.54, 1.807) is 18.2 Å². The molecular weight excluding hydrogens is 300 g/mol. The maximum atomic E-state index is 11.7. The van der Waals surface area contributed by atoms with E-state index >= 15 is 0 Å². The Morgan fingerprint density at radius 3 is 2.73 bits per heavy atom. The summed E-state index contributed by atoms with van der Waals surface area (Å²) >= 11 is 10.3. The van der Waals surface area contributed by atoms with Gasteiger partial charge in [-0.1, -0.05) is 11.6 Å². The number of carbonyl (C=O) groups is 1. The molecule has 2 aromatic rings. The predicted octanol–water partition coefficient (Wildman–Crippen LogP) is 4.18. The molecule has 0 unspecified atom stereocenters. The highest BCUT2D eigenvalue weighted by Crippen LogP contribution is 2.23. The van der Waals surface area contributed by atoms with Gasteiger partial charge in [0, 0.05) is 11.3 Å². The Labute approximate surface area is 104 Å². The molecule has 15 heavy (non-hydrogen) atoms. The van der Waals surface area contributed by atoms with Crippen molar-refractivity contribution >= 4 is 44.7 Å². The largest absolute Gasteiger partial charge is 0.446 e. The SMILES string of the molecule is O=C(Cc1ccc(Cl)s1)c1ccc(Br)o1. The molecule has 2 aromatic heterocycles. The monoisotopic (exact) mass is 304 g/mol. The molecule has 2 heterocycles. The van der Waals surface area contributed by atoms with Crippen LogP contribution in [0.1, 0.15) is 15.4 Å². The lowest BCUT2D eigenvalue weighted by molar-refractivity contribution is 0.0966. The van der Waals surface area contributed by atoms with E-state index in [1.807, 2.05) is 6.07 Å². The fourth-order valence-corrected chi connectivity index (χ4v) is 2.55. The average Bonchev–Trinajstić information content (AvgIpc) is 2.75. The Morgan fingerprint density at radius 2 is 2.20 bits per heavy atom. The first kappa shape index (κ1) is 10.9. The lowest BCUT2D eigenvalue weighted by Crippen LogP contribution is -1.99. The zero-order chi connectivity index (χ0) is 10.8. The number of halogens is 2. The van der Waals surface area contributed by atoms with Gasteiger partial charge in [-0.3, -0.25) is 4.79 Å². The van der Waals surface area contributed by atoms with E-state index in [0.29, 0.717) is 21.2 Å². The number of thiophene rings is 1. The normalized spacial score (nSPS) is 10.5. The van der Waals surface area contributed by atoms with Gasteiger partial charge < -0.3 is 4.42 Å². The third kappa shape index (κ3) is 2.71. The number of carbonyl (C=O) groups excluding carboxylic acids is 1. The van der Waals surface area contributed by atoms with Crippen LogP contribution in [0.15, 0.2) is 33.4 Å². The number of ketones is 1. The van der Waals surface area contributed by atoms with Gasteiger partial charge in [-0.05, 0) is 40.2 Å². The van der Waals surface area contributed by atoms with Crippen LogP contribution < -0.4 is 0 Å². The van der Waals surface area contributed by atoms with Gasteiger partial charge in [-0.25, -0.2) is 0 Å². The van der Waals surface area contributed by atoms with Gasteiger partial charge in [-0.15, -0.1) is 11.3 Å². The van der Waals surface area contributed by atoms with Crippen LogP contribution >= 0.6 is 38.9 Å². The maximum Gasteiger partial charge on any atom is 0.203 e. The molecule has 0 spiro atoms. The van der Waals surface area contributed by atoms with Crippen LogP contribution in [0.4, 0.5) is 0 Å². The van der Waals surface area contributed by atoms with Gasteiger partial charge in [0.15, 0.2) is 10.4 Å². The number of furan rings is 1. The van der Waals surface area contributed by atoms with E-state index in [0.717, 1.165) is 4.88 Å². The summed E-state index contributed by atoms with van der Waals surface area (Å²) in [4.78, 5) is 12.6. The third-order valence-corrected chi connectivity index (χ3v) is 3.47. The van der Waals surface area contributed by atoms with E-state index in [-0.39, 0.29) is 5.78 Å². The Balaban J connectivity index is 2.10. The lowest BCUT2D eigenvalue weighted by Gasteiger charge is -1.93. The van der Waals surface area contributed by atoms with Crippen LogP contribution in [0, 0.1) is 0 Å². The second kappa shape index (κ2) is 4.51. The Hall–Kier alpha value is -0.580. The first-order chi connectivity index (χ1) is 7.15. The molecular formula is C10H6BrClO2S. The number of hydrogen-bond donors (Lipinski definition) is 0. The lowest BCUT2D eigenvalue weighted by atomic mass is 10.2. The van der Waals surface area contributed by atoms with Crippen molar-refractivity contribution in [3.63, 3.8) is 0 Å². The van der Waals surface area contributed by atoms with Crippen LogP contribution in [0.3, 0.4) is 0 Å². The summed E-state index contributed by atoms with van der Waals surface area (Å²) in [5.74, 6) is 0.325. The van der Waals surface area contributed by atoms with Gasteiger partial charge in [0.2, 0.25) is 5.78 Å². The van der Waals surface area contributed by atoms with Crippen LogP contribution in [0.25, 0.3) is 0 Å². The topological polar surface area (TPSA) is 30.2 Å². The van der Waals surface area contributed by atoms with Crippen molar-refractivity contribution in [2.24, 2.45) is 0 Å². The number of Topliss-reactive ketones (excluding diaryl/α,β-unsaturated/α-hetero) is 1. The van der Waals surface area contributed by atoms with Crippen molar-refractivity contribution in [3.8, 4) is 0 Å². The molecule has 0 aliphatic carbocycles. The molecule has 0 N–H and O–H groups in total. The predicted molar refractivity (Wildman–Crippen MR) is 63.8 cm³/mol. The van der Waals surface area contributed by atoms with Crippen molar-refractivity contribution in [1.82, 2.24) is 0 Å². The second-order valence-corrected chi connectivity index (χ2v) is 5.49. The van der Waals surface area contributed by atoms with Gasteiger partial charge >= 0.3 is 0 Å². The molecule has 0 aromatic carbocycles. The van der Waals surface area contributed by atoms with Crippen molar-refractivity contribution in [1.29, 1.82) is 0 Å². The fraction of sp³-hybridized carbons (Fsp3) is 0.100. The Kier molecular flexibility index (Phi) is 3.29. The summed E-state index contributed by atoms with van der Waals surface area (Å²) in [5.41, 5.74) is 0. The molecule has 0 aliphatic rings. The summed E-state index contributed by atoms with van der Waals surface area (Å²) < 4.78 is 6.42. The van der Waals surface area contributed by atoms with Gasteiger partial charge in [0.1, 0.15) is 0 Å². The molecule has 2 nitrogen and oxygen atoms in total. The summed E-state index contributed by atoms with van der Waals surface area (Å²) in [6.07, 6.45) is 0.331. The standard InChI is InChI=1S/C10H6BrClO2S/c11-9-3-2-8(14-9)7(13)5-6-1-4-10(12)15-6/h1-4H,5H2. The minimum Gasteiger partial charge on any atom is -0.446 e. The molecule has 0 aliphatic heterocycles. The zero-order valence-corrected chi connectivity index (χ0v) is 10.7. The molecule has 0 saturated carbocycles. The molecule has 0 bridgehead atoms. The van der Waals surface area contributed by atoms with Crippen LogP contribution in [-0.4, -0.2) is 5.78 Å². The minimum atomic E-state index is -0.0424. The summed E-state index contributed by atoms with van der Waals surface area (Å²) in [7, 11) is 0. The van der Waals surface area contributed by atoms with E-state index in [4.69, 9.17) is 16.0 Å². The van der Waals surface area contributed by atoms with Crippen molar-refractivity contribution in [2.45, 2.75) is 6.42 Å². The van der Waals surface area contributed by atoms with E-state index in [9.17, 15) is 4.79 Å². The molecule has 0 amide bonds. The molecule has 0 radical (unpaired) electrons. The summed E-state index contributed by atoms with van der Waals surface area (Å²) in [6, 6.07) is 6.99. The molecule has 2 rings (SSSR count). The highest BCUT2D eigenvalue weighted by atomic mass is 79.9. The van der Waals surface area contributed by atoms with Crippen molar-refractivity contribution in [3.05, 3.63) is 43.9 Å². The van der Waals surface area contributed by atoms with Crippen molar-refractivity contribution in [2.75, 3.05) is 0 Å². The molecule has 0 atom stereocenters. The Morgan fingerprint density at radius 1 is 1.40 bits per heavy atom. The Bertz CT molecular complexity index is 489. The van der Waals surface area contributed by atoms with Crippen LogP contribution in [0.5, 0.6) is 0 Å². The first-order valence-electron chi connectivity index (χ1n) is 4.18. The smallest absolute Gasteiger partial charge is 0.203 e. The van der Waals surface area contributed by atoms with E-state index in [1.165, 1.54) is 11.3 Å². The van der Waals surface area contributed by atoms with Crippen LogP contribution in [-0.2, 0) is 6.42 Å². The minimum absolute atomic E-state index is 0.0424. The van der Waals surface area contributed by atoms with Gasteiger partial charge in [-0.2, -0.15) is 0 Å². The molecule has 0 fully saturated rings. The van der Waals surface area contributed by atoms with Crippen molar-refractivity contribution < 1.29 is 9.21 Å². The second-order valence-electron chi connectivity index (χ2n) is 2.91. The highest BCUT2D eigenvalue weighted by Gasteiger charge is 2.12. The third-order valence-electron chi connectivity index (χ3n) is 1.81. The summed E-state index contributed by atoms with van der Waals surface area (Å²) in [5, 5.41) is 0. The molecule has 5 heteroatoms. The zero-order valence-electron chi connectivity index (χ0n) is 7.50. The number of hydrogen-bond acceptors (Lipinski definition) is 3. The molecule has 78 valence electrons. The van der Waals surface area contributed by atoms with Crippen LogP contribution in [0.2, 0.25) is 4.34 Å². The van der Waals surface area contributed by atoms with Gasteiger partial charge in [0.05, 0.1) is 4.34 Å². The fourth-order valence-electron chi connectivity index (χ4n) is 1.16.